The van der Waals surface area contributed by atoms with Crippen LogP contribution in [0.5, 0.6) is 0 Å². The lowest BCUT2D eigenvalue weighted by Crippen LogP contribution is -2.11. The summed E-state index contributed by atoms with van der Waals surface area (Å²) >= 11 is 5.93. The minimum atomic E-state index is -0.220. The van der Waals surface area contributed by atoms with Gasteiger partial charge in [-0.3, -0.25) is 4.79 Å². The first-order chi connectivity index (χ1) is 12.2. The lowest BCUT2D eigenvalue weighted by atomic mass is 9.85. The Balaban J connectivity index is 1.53. The smallest absolute Gasteiger partial charge is 0.255 e. The Hall–Kier alpha value is -2.66. The van der Waals surface area contributed by atoms with Crippen molar-refractivity contribution in [1.82, 2.24) is 10.1 Å². The number of benzene rings is 2. The van der Waals surface area contributed by atoms with E-state index in [1.807, 2.05) is 24.3 Å². The maximum absolute atomic E-state index is 12.3. The molecule has 6 heteroatoms. The quantitative estimate of drug-likeness (QED) is 0.723. The third-order valence-electron chi connectivity index (χ3n) is 4.36. The first-order valence-electron chi connectivity index (χ1n) is 8.20. The maximum atomic E-state index is 12.3. The molecule has 1 aliphatic rings. The molecule has 1 N–H and O–H groups in total. The molecule has 0 atom stereocenters. The average molecular weight is 354 g/mol. The lowest BCUT2D eigenvalue weighted by Gasteiger charge is -2.20. The zero-order valence-corrected chi connectivity index (χ0v) is 14.2. The van der Waals surface area contributed by atoms with Gasteiger partial charge in [0.05, 0.1) is 0 Å². The number of amides is 1. The molecule has 3 aromatic rings. The molecule has 1 amide bonds. The average Bonchev–Trinajstić information content (AvgIpc) is 3.03. The number of aromatic nitrogens is 2. The van der Waals surface area contributed by atoms with Crippen LogP contribution in [0.2, 0.25) is 5.02 Å². The van der Waals surface area contributed by atoms with Crippen LogP contribution in [0.15, 0.2) is 53.1 Å². The summed E-state index contributed by atoms with van der Waals surface area (Å²) in [4.78, 5) is 16.8. The van der Waals surface area contributed by atoms with E-state index in [0.717, 1.165) is 18.4 Å². The Morgan fingerprint density at radius 2 is 2.00 bits per heavy atom. The normalized spacial score (nSPS) is 14.1. The fourth-order valence-corrected chi connectivity index (χ4v) is 2.93. The van der Waals surface area contributed by atoms with E-state index in [-0.39, 0.29) is 5.91 Å². The summed E-state index contributed by atoms with van der Waals surface area (Å²) in [5.41, 5.74) is 1.97. The number of nitrogens with one attached hydrogen (secondary N) is 1. The van der Waals surface area contributed by atoms with Gasteiger partial charge < -0.3 is 9.84 Å². The van der Waals surface area contributed by atoms with Crippen molar-refractivity contribution in [3.8, 4) is 11.4 Å². The maximum Gasteiger partial charge on any atom is 0.255 e. The van der Waals surface area contributed by atoms with Crippen LogP contribution in [-0.4, -0.2) is 16.0 Å². The zero-order chi connectivity index (χ0) is 17.2. The van der Waals surface area contributed by atoms with Crippen LogP contribution in [0, 0.1) is 0 Å². The van der Waals surface area contributed by atoms with Gasteiger partial charge in [0, 0.05) is 27.8 Å². The van der Waals surface area contributed by atoms with Crippen LogP contribution in [-0.2, 0) is 0 Å². The minimum Gasteiger partial charge on any atom is -0.339 e. The van der Waals surface area contributed by atoms with E-state index in [4.69, 9.17) is 16.1 Å². The largest absolute Gasteiger partial charge is 0.339 e. The number of halogens is 1. The SMILES string of the molecule is O=C(Nc1cccc(-c2noc(C3CCC3)n2)c1)c1cccc(Cl)c1. The first kappa shape index (κ1) is 15.8. The van der Waals surface area contributed by atoms with Crippen molar-refractivity contribution in [3.63, 3.8) is 0 Å². The number of anilines is 1. The Bertz CT molecular complexity index is 918. The molecule has 1 aliphatic carbocycles. The third kappa shape index (κ3) is 3.42. The van der Waals surface area contributed by atoms with Gasteiger partial charge in [-0.05, 0) is 43.2 Å². The molecule has 126 valence electrons. The molecule has 0 bridgehead atoms. The highest BCUT2D eigenvalue weighted by Crippen LogP contribution is 2.36. The number of nitrogens with zero attached hydrogens (tertiary/aromatic N) is 2. The first-order valence-corrected chi connectivity index (χ1v) is 8.58. The molecular weight excluding hydrogens is 338 g/mol. The second kappa shape index (κ2) is 6.69. The van der Waals surface area contributed by atoms with E-state index >= 15 is 0 Å². The predicted molar refractivity (Wildman–Crippen MR) is 95.7 cm³/mol. The molecule has 0 radical (unpaired) electrons. The van der Waals surface area contributed by atoms with Gasteiger partial charge in [0.15, 0.2) is 0 Å². The van der Waals surface area contributed by atoms with Gasteiger partial charge in [0.25, 0.3) is 5.91 Å². The van der Waals surface area contributed by atoms with Crippen molar-refractivity contribution in [3.05, 3.63) is 65.0 Å². The molecule has 1 fully saturated rings. The van der Waals surface area contributed by atoms with Crippen molar-refractivity contribution < 1.29 is 9.32 Å². The third-order valence-corrected chi connectivity index (χ3v) is 4.60. The zero-order valence-electron chi connectivity index (χ0n) is 13.4. The Labute approximate surface area is 150 Å². The molecule has 2 aromatic carbocycles. The number of hydrogen-bond donors (Lipinski definition) is 1. The number of rotatable bonds is 4. The van der Waals surface area contributed by atoms with Crippen molar-refractivity contribution in [2.75, 3.05) is 5.32 Å². The van der Waals surface area contributed by atoms with Crippen LogP contribution in [0.1, 0.15) is 41.4 Å². The van der Waals surface area contributed by atoms with Crippen molar-refractivity contribution in [2.24, 2.45) is 0 Å². The van der Waals surface area contributed by atoms with Gasteiger partial charge in [-0.15, -0.1) is 0 Å². The predicted octanol–water partition coefficient (Wildman–Crippen LogP) is 4.91. The van der Waals surface area contributed by atoms with E-state index in [1.54, 1.807) is 24.3 Å². The molecule has 0 saturated heterocycles. The summed E-state index contributed by atoms with van der Waals surface area (Å²) in [7, 11) is 0. The van der Waals surface area contributed by atoms with E-state index in [2.05, 4.69) is 15.5 Å². The highest BCUT2D eigenvalue weighted by Gasteiger charge is 2.25. The molecule has 0 spiro atoms. The fourth-order valence-electron chi connectivity index (χ4n) is 2.74. The lowest BCUT2D eigenvalue weighted by molar-refractivity contribution is 0.102. The van der Waals surface area contributed by atoms with Gasteiger partial charge in [0.2, 0.25) is 11.7 Å². The standard InChI is InChI=1S/C19H16ClN3O2/c20-15-8-2-7-14(10-15)18(24)21-16-9-3-6-13(11-16)17-22-19(25-23-17)12-4-1-5-12/h2-3,6-12H,1,4-5H2,(H,21,24). The van der Waals surface area contributed by atoms with E-state index < -0.39 is 0 Å². The van der Waals surface area contributed by atoms with E-state index in [1.165, 1.54) is 6.42 Å². The Morgan fingerprint density at radius 1 is 1.16 bits per heavy atom. The van der Waals surface area contributed by atoms with Crippen LogP contribution < -0.4 is 5.32 Å². The molecular formula is C19H16ClN3O2. The molecule has 0 aliphatic heterocycles. The second-order valence-electron chi connectivity index (χ2n) is 6.13. The summed E-state index contributed by atoms with van der Waals surface area (Å²) in [6.07, 6.45) is 3.43. The van der Waals surface area contributed by atoms with Crippen molar-refractivity contribution in [1.29, 1.82) is 0 Å². The summed E-state index contributed by atoms with van der Waals surface area (Å²) < 4.78 is 5.36. The highest BCUT2D eigenvalue weighted by atomic mass is 35.5. The van der Waals surface area contributed by atoms with Crippen molar-refractivity contribution in [2.45, 2.75) is 25.2 Å². The summed E-state index contributed by atoms with van der Waals surface area (Å²) in [5.74, 6) is 1.42. The molecule has 5 nitrogen and oxygen atoms in total. The van der Waals surface area contributed by atoms with Gasteiger partial charge in [-0.1, -0.05) is 41.4 Å². The van der Waals surface area contributed by atoms with E-state index in [9.17, 15) is 4.79 Å². The molecule has 4 rings (SSSR count). The second-order valence-corrected chi connectivity index (χ2v) is 6.57. The summed E-state index contributed by atoms with van der Waals surface area (Å²) in [5, 5.41) is 7.45. The number of hydrogen-bond acceptors (Lipinski definition) is 4. The van der Waals surface area contributed by atoms with Gasteiger partial charge >= 0.3 is 0 Å². The van der Waals surface area contributed by atoms with Crippen LogP contribution in [0.3, 0.4) is 0 Å². The topological polar surface area (TPSA) is 68.0 Å². The molecule has 1 aromatic heterocycles. The molecule has 1 saturated carbocycles. The fraction of sp³-hybridized carbons (Fsp3) is 0.211. The molecule has 1 heterocycles. The van der Waals surface area contributed by atoms with Crippen LogP contribution in [0.4, 0.5) is 5.69 Å². The van der Waals surface area contributed by atoms with Crippen LogP contribution in [0.25, 0.3) is 11.4 Å². The highest BCUT2D eigenvalue weighted by molar-refractivity contribution is 6.31. The van der Waals surface area contributed by atoms with Crippen molar-refractivity contribution >= 4 is 23.2 Å². The number of carbonyl (C=O) groups is 1. The molecule has 25 heavy (non-hydrogen) atoms. The Kier molecular flexibility index (Phi) is 4.24. The van der Waals surface area contributed by atoms with Gasteiger partial charge in [-0.2, -0.15) is 4.98 Å². The van der Waals surface area contributed by atoms with Crippen LogP contribution >= 0.6 is 11.6 Å². The molecule has 0 unspecified atom stereocenters. The summed E-state index contributed by atoms with van der Waals surface area (Å²) in [6.45, 7) is 0. The van der Waals surface area contributed by atoms with E-state index in [0.29, 0.717) is 33.9 Å². The summed E-state index contributed by atoms with van der Waals surface area (Å²) in [6, 6.07) is 14.2. The minimum absolute atomic E-state index is 0.220. The van der Waals surface area contributed by atoms with Gasteiger partial charge in [0.1, 0.15) is 0 Å². The monoisotopic (exact) mass is 353 g/mol. The Morgan fingerprint density at radius 3 is 2.76 bits per heavy atom. The number of carbonyl (C=O) groups excluding carboxylic acids is 1. The van der Waals surface area contributed by atoms with Gasteiger partial charge in [-0.25, -0.2) is 0 Å².